The Morgan fingerprint density at radius 2 is 1.92 bits per heavy atom. The SMILES string of the molecule is CCN(C)C=Nc1cc(C)c(/C=N/OCc2ccccc2Cl)cc1C. The molecule has 0 aromatic heterocycles. The lowest BCUT2D eigenvalue weighted by Crippen LogP contribution is -2.14. The number of hydrogen-bond donors (Lipinski definition) is 0. The first-order chi connectivity index (χ1) is 12.0. The highest BCUT2D eigenvalue weighted by Gasteiger charge is 2.03. The van der Waals surface area contributed by atoms with Gasteiger partial charge in [-0.05, 0) is 55.7 Å². The van der Waals surface area contributed by atoms with Crippen LogP contribution in [0.5, 0.6) is 0 Å². The second-order valence-corrected chi connectivity index (χ2v) is 6.32. The quantitative estimate of drug-likeness (QED) is 0.392. The summed E-state index contributed by atoms with van der Waals surface area (Å²) >= 11 is 6.10. The van der Waals surface area contributed by atoms with Crippen molar-refractivity contribution in [3.05, 3.63) is 63.7 Å². The first-order valence-corrected chi connectivity index (χ1v) is 8.63. The molecule has 0 saturated carbocycles. The molecule has 2 aromatic rings. The van der Waals surface area contributed by atoms with Crippen LogP contribution in [0, 0.1) is 13.8 Å². The summed E-state index contributed by atoms with van der Waals surface area (Å²) in [4.78, 5) is 11.9. The van der Waals surface area contributed by atoms with E-state index >= 15 is 0 Å². The highest BCUT2D eigenvalue weighted by Crippen LogP contribution is 2.22. The zero-order valence-corrected chi connectivity index (χ0v) is 15.9. The molecular weight excluding hydrogens is 334 g/mol. The lowest BCUT2D eigenvalue weighted by Gasteiger charge is -2.10. The Bertz CT molecular complexity index is 772. The fraction of sp³-hybridized carbons (Fsp3) is 0.300. The number of halogens is 1. The number of nitrogens with zero attached hydrogens (tertiary/aromatic N) is 3. The van der Waals surface area contributed by atoms with Crippen LogP contribution in [0.15, 0.2) is 46.5 Å². The van der Waals surface area contributed by atoms with Crippen LogP contribution in [0.25, 0.3) is 0 Å². The lowest BCUT2D eigenvalue weighted by molar-refractivity contribution is 0.132. The van der Waals surface area contributed by atoms with Crippen LogP contribution in [0.3, 0.4) is 0 Å². The first kappa shape index (κ1) is 19.0. The van der Waals surface area contributed by atoms with E-state index in [1.165, 1.54) is 0 Å². The van der Waals surface area contributed by atoms with E-state index in [0.29, 0.717) is 11.6 Å². The Hall–Kier alpha value is -2.33. The van der Waals surface area contributed by atoms with Crippen molar-refractivity contribution in [2.45, 2.75) is 27.4 Å². The minimum absolute atomic E-state index is 0.347. The second-order valence-electron chi connectivity index (χ2n) is 5.91. The van der Waals surface area contributed by atoms with Gasteiger partial charge in [0.05, 0.1) is 18.2 Å². The molecule has 0 unspecified atom stereocenters. The largest absolute Gasteiger partial charge is 0.391 e. The maximum Gasteiger partial charge on any atom is 0.143 e. The average molecular weight is 358 g/mol. The summed E-state index contributed by atoms with van der Waals surface area (Å²) in [6, 6.07) is 11.7. The van der Waals surface area contributed by atoms with Crippen LogP contribution in [-0.4, -0.2) is 31.0 Å². The van der Waals surface area contributed by atoms with Gasteiger partial charge in [-0.15, -0.1) is 0 Å². The summed E-state index contributed by atoms with van der Waals surface area (Å²) in [6.07, 6.45) is 3.58. The van der Waals surface area contributed by atoms with Crippen LogP contribution < -0.4 is 0 Å². The van der Waals surface area contributed by atoms with Crippen molar-refractivity contribution in [1.82, 2.24) is 4.90 Å². The first-order valence-electron chi connectivity index (χ1n) is 8.25. The molecule has 132 valence electrons. The summed E-state index contributed by atoms with van der Waals surface area (Å²) in [5.41, 5.74) is 5.09. The van der Waals surface area contributed by atoms with E-state index in [2.05, 4.69) is 29.2 Å². The molecule has 0 heterocycles. The van der Waals surface area contributed by atoms with Gasteiger partial charge >= 0.3 is 0 Å². The summed E-state index contributed by atoms with van der Waals surface area (Å²) in [7, 11) is 2.00. The van der Waals surface area contributed by atoms with E-state index in [4.69, 9.17) is 16.4 Å². The molecule has 25 heavy (non-hydrogen) atoms. The van der Waals surface area contributed by atoms with Gasteiger partial charge in [-0.3, -0.25) is 0 Å². The number of aryl methyl sites for hydroxylation is 2. The van der Waals surface area contributed by atoms with Gasteiger partial charge in [0, 0.05) is 24.2 Å². The van der Waals surface area contributed by atoms with Crippen molar-refractivity contribution in [3.8, 4) is 0 Å². The summed E-state index contributed by atoms with van der Waals surface area (Å²) in [6.45, 7) is 7.44. The zero-order chi connectivity index (χ0) is 18.2. The number of aliphatic imine (C=N–C) groups is 1. The molecule has 2 aromatic carbocycles. The second kappa shape index (κ2) is 9.23. The van der Waals surface area contributed by atoms with E-state index in [1.807, 2.05) is 56.4 Å². The van der Waals surface area contributed by atoms with Gasteiger partial charge in [-0.1, -0.05) is 35.0 Å². The monoisotopic (exact) mass is 357 g/mol. The molecule has 0 spiro atoms. The molecule has 0 amide bonds. The highest BCUT2D eigenvalue weighted by molar-refractivity contribution is 6.31. The molecule has 5 heteroatoms. The highest BCUT2D eigenvalue weighted by atomic mass is 35.5. The Labute approximate surface area is 154 Å². The molecule has 4 nitrogen and oxygen atoms in total. The topological polar surface area (TPSA) is 37.2 Å². The van der Waals surface area contributed by atoms with Crippen molar-refractivity contribution in [2.24, 2.45) is 10.1 Å². The van der Waals surface area contributed by atoms with Crippen molar-refractivity contribution < 1.29 is 4.84 Å². The number of hydrogen-bond acceptors (Lipinski definition) is 3. The fourth-order valence-electron chi connectivity index (χ4n) is 2.16. The van der Waals surface area contributed by atoms with Gasteiger partial charge in [0.1, 0.15) is 6.61 Å². The molecule has 0 N–H and O–H groups in total. The smallest absolute Gasteiger partial charge is 0.143 e. The van der Waals surface area contributed by atoms with Crippen molar-refractivity contribution in [2.75, 3.05) is 13.6 Å². The van der Waals surface area contributed by atoms with Gasteiger partial charge in [0.2, 0.25) is 0 Å². The Morgan fingerprint density at radius 1 is 1.16 bits per heavy atom. The van der Waals surface area contributed by atoms with Gasteiger partial charge < -0.3 is 9.74 Å². The molecule has 0 saturated heterocycles. The van der Waals surface area contributed by atoms with E-state index in [0.717, 1.165) is 34.5 Å². The molecule has 2 rings (SSSR count). The number of oxime groups is 1. The van der Waals surface area contributed by atoms with Crippen LogP contribution in [0.1, 0.15) is 29.2 Å². The molecule has 0 fully saturated rings. The molecule has 0 radical (unpaired) electrons. The van der Waals surface area contributed by atoms with Gasteiger partial charge in [0.15, 0.2) is 0 Å². The predicted octanol–water partition coefficient (Wildman–Crippen LogP) is 5.12. The zero-order valence-electron chi connectivity index (χ0n) is 15.2. The maximum absolute atomic E-state index is 6.10. The predicted molar refractivity (Wildman–Crippen MR) is 106 cm³/mol. The summed E-state index contributed by atoms with van der Waals surface area (Å²) in [5.74, 6) is 0. The maximum atomic E-state index is 6.10. The van der Waals surface area contributed by atoms with E-state index in [1.54, 1.807) is 6.21 Å². The normalized spacial score (nSPS) is 11.4. The molecule has 0 aliphatic rings. The Balaban J connectivity index is 2.03. The van der Waals surface area contributed by atoms with Crippen LogP contribution in [-0.2, 0) is 11.4 Å². The summed E-state index contributed by atoms with van der Waals surface area (Å²) in [5, 5.41) is 4.75. The van der Waals surface area contributed by atoms with Gasteiger partial charge in [-0.2, -0.15) is 0 Å². The fourth-order valence-corrected chi connectivity index (χ4v) is 2.35. The van der Waals surface area contributed by atoms with Crippen LogP contribution in [0.2, 0.25) is 5.02 Å². The average Bonchev–Trinajstić information content (AvgIpc) is 2.61. The van der Waals surface area contributed by atoms with E-state index in [9.17, 15) is 0 Å². The third-order valence-corrected chi connectivity index (χ3v) is 4.29. The van der Waals surface area contributed by atoms with Crippen molar-refractivity contribution in [3.63, 3.8) is 0 Å². The lowest BCUT2D eigenvalue weighted by atomic mass is 10.0. The Kier molecular flexibility index (Phi) is 7.02. The number of rotatable bonds is 7. The molecule has 0 bridgehead atoms. The van der Waals surface area contributed by atoms with E-state index in [-0.39, 0.29) is 0 Å². The van der Waals surface area contributed by atoms with Gasteiger partial charge in [-0.25, -0.2) is 4.99 Å². The van der Waals surface area contributed by atoms with Gasteiger partial charge in [0.25, 0.3) is 0 Å². The van der Waals surface area contributed by atoms with Crippen molar-refractivity contribution in [1.29, 1.82) is 0 Å². The summed E-state index contributed by atoms with van der Waals surface area (Å²) < 4.78 is 0. The van der Waals surface area contributed by atoms with Crippen LogP contribution >= 0.6 is 11.6 Å². The van der Waals surface area contributed by atoms with Crippen LogP contribution in [0.4, 0.5) is 5.69 Å². The minimum atomic E-state index is 0.347. The standard InChI is InChI=1S/C20H24ClN3O/c1-5-24(4)14-22-20-11-15(2)18(10-16(20)3)12-23-25-13-17-8-6-7-9-19(17)21/h6-12,14H,5,13H2,1-4H3/b22-14?,23-12+. The van der Waals surface area contributed by atoms with Crippen molar-refractivity contribution >= 4 is 29.8 Å². The third-order valence-electron chi connectivity index (χ3n) is 3.92. The third kappa shape index (κ3) is 5.61. The molecule has 0 aliphatic carbocycles. The molecule has 0 atom stereocenters. The minimum Gasteiger partial charge on any atom is -0.391 e. The Morgan fingerprint density at radius 3 is 2.64 bits per heavy atom. The van der Waals surface area contributed by atoms with E-state index < -0.39 is 0 Å². The molecule has 0 aliphatic heterocycles. The number of benzene rings is 2. The molecular formula is C20H24ClN3O.